The van der Waals surface area contributed by atoms with Gasteiger partial charge in [-0.05, 0) is 62.6 Å². The van der Waals surface area contributed by atoms with Crippen LogP contribution in [0.15, 0.2) is 48.5 Å². The summed E-state index contributed by atoms with van der Waals surface area (Å²) in [6.45, 7) is 7.56. The molecule has 2 aromatic rings. The molecule has 7 nitrogen and oxygen atoms in total. The smallest absolute Gasteiger partial charge is 0.416 e. The lowest BCUT2D eigenvalue weighted by Gasteiger charge is -2.24. The maximum atomic E-state index is 13.1. The van der Waals surface area contributed by atoms with Gasteiger partial charge in [-0.1, -0.05) is 82.6 Å². The molecule has 238 valence electrons. The van der Waals surface area contributed by atoms with E-state index in [1.54, 1.807) is 45.0 Å². The Balaban J connectivity index is 1.89. The molecule has 1 amide bonds. The van der Waals surface area contributed by atoms with Crippen LogP contribution in [0.2, 0.25) is 0 Å². The van der Waals surface area contributed by atoms with Gasteiger partial charge in [-0.2, -0.15) is 13.2 Å². The van der Waals surface area contributed by atoms with E-state index >= 15 is 0 Å². The van der Waals surface area contributed by atoms with Gasteiger partial charge in [0, 0.05) is 18.4 Å². The van der Waals surface area contributed by atoms with Crippen LogP contribution in [0.4, 0.5) is 18.0 Å². The fraction of sp³-hybridized carbons (Fsp3) is 0.545. The normalized spacial score (nSPS) is 12.3. The molecule has 0 fully saturated rings. The minimum atomic E-state index is -4.48. The molecule has 43 heavy (non-hydrogen) atoms. The second-order valence-corrected chi connectivity index (χ2v) is 11.8. The fourth-order valence-electron chi connectivity index (χ4n) is 4.40. The number of hydrogen-bond acceptors (Lipinski definition) is 5. The quantitative estimate of drug-likeness (QED) is 0.0814. The molecular weight excluding hydrogens is 559 g/mol. The van der Waals surface area contributed by atoms with Gasteiger partial charge in [0.15, 0.2) is 0 Å². The molecule has 1 atom stereocenters. The van der Waals surface area contributed by atoms with Crippen molar-refractivity contribution in [3.8, 4) is 0 Å². The lowest BCUT2D eigenvalue weighted by Crippen LogP contribution is -2.41. The number of amides is 1. The van der Waals surface area contributed by atoms with Crippen molar-refractivity contribution in [3.63, 3.8) is 0 Å². The van der Waals surface area contributed by atoms with Gasteiger partial charge in [0.05, 0.1) is 11.1 Å². The molecule has 0 radical (unpaired) electrons. The van der Waals surface area contributed by atoms with Gasteiger partial charge in [-0.3, -0.25) is 5.41 Å². The topological polar surface area (TPSA) is 101 Å². The van der Waals surface area contributed by atoms with Crippen molar-refractivity contribution in [1.82, 2.24) is 10.8 Å². The number of carbonyl (C=O) groups excluding carboxylic acids is 2. The summed E-state index contributed by atoms with van der Waals surface area (Å²) in [4.78, 5) is 30.0. The third-order valence-corrected chi connectivity index (χ3v) is 6.74. The highest BCUT2D eigenvalue weighted by Crippen LogP contribution is 2.31. The standard InChI is InChI=1S/C33H46F3N3O4/c1-5-6-7-8-9-10-11-12-13-14-29(37)39-43-30(40)26-17-15-24(16-18-26)23-28(42-31(41)38-32(2,3)4)25-19-21-27(22-20-25)33(34,35)36/h15-22,28H,5-14,23H2,1-4H3,(H2,37,39)(H,38,41). The van der Waals surface area contributed by atoms with Crippen LogP contribution in [0.5, 0.6) is 0 Å². The van der Waals surface area contributed by atoms with E-state index in [4.69, 9.17) is 15.0 Å². The Kier molecular flexibility index (Phi) is 14.5. The largest absolute Gasteiger partial charge is 0.441 e. The first kappa shape index (κ1) is 35.6. The molecule has 3 N–H and O–H groups in total. The molecule has 0 saturated heterocycles. The summed E-state index contributed by atoms with van der Waals surface area (Å²) in [6, 6.07) is 10.9. The Morgan fingerprint density at radius 1 is 0.837 bits per heavy atom. The highest BCUT2D eigenvalue weighted by atomic mass is 19.4. The minimum absolute atomic E-state index is 0.137. The number of unbranched alkanes of at least 4 members (excludes halogenated alkanes) is 8. The van der Waals surface area contributed by atoms with Crippen LogP contribution in [-0.4, -0.2) is 23.4 Å². The lowest BCUT2D eigenvalue weighted by atomic mass is 9.99. The van der Waals surface area contributed by atoms with Gasteiger partial charge in [-0.25, -0.2) is 15.1 Å². The highest BCUT2D eigenvalue weighted by molar-refractivity contribution is 5.90. The van der Waals surface area contributed by atoms with E-state index in [9.17, 15) is 22.8 Å². The third kappa shape index (κ3) is 14.4. The first-order valence-electron chi connectivity index (χ1n) is 15.1. The van der Waals surface area contributed by atoms with E-state index in [2.05, 4.69) is 17.7 Å². The molecule has 0 aliphatic heterocycles. The number of hydrogen-bond donors (Lipinski definition) is 3. The van der Waals surface area contributed by atoms with Gasteiger partial charge in [-0.15, -0.1) is 0 Å². The minimum Gasteiger partial charge on any atom is -0.441 e. The molecule has 0 aliphatic carbocycles. The molecule has 10 heteroatoms. The Morgan fingerprint density at radius 3 is 1.93 bits per heavy atom. The highest BCUT2D eigenvalue weighted by Gasteiger charge is 2.30. The van der Waals surface area contributed by atoms with Crippen molar-refractivity contribution >= 4 is 17.9 Å². The second kappa shape index (κ2) is 17.5. The number of alkyl halides is 3. The molecule has 0 aliphatic rings. The number of rotatable bonds is 15. The van der Waals surface area contributed by atoms with Crippen molar-refractivity contribution in [3.05, 3.63) is 70.8 Å². The number of alkyl carbamates (subject to hydrolysis) is 1. The third-order valence-electron chi connectivity index (χ3n) is 6.74. The predicted octanol–water partition coefficient (Wildman–Crippen LogP) is 9.07. The molecular formula is C33H46F3N3O4. The Hall–Kier alpha value is -3.56. The number of ether oxygens (including phenoxy) is 1. The van der Waals surface area contributed by atoms with Crippen molar-refractivity contribution in [2.24, 2.45) is 0 Å². The molecule has 0 saturated carbocycles. The maximum absolute atomic E-state index is 13.1. The number of nitrogens with one attached hydrogen (secondary N) is 3. The number of benzene rings is 2. The van der Waals surface area contributed by atoms with E-state index < -0.39 is 35.4 Å². The van der Waals surface area contributed by atoms with Gasteiger partial charge >= 0.3 is 18.2 Å². The molecule has 2 aromatic carbocycles. The summed E-state index contributed by atoms with van der Waals surface area (Å²) >= 11 is 0. The fourth-order valence-corrected chi connectivity index (χ4v) is 4.40. The number of carbonyl (C=O) groups is 2. The van der Waals surface area contributed by atoms with Crippen LogP contribution in [0.1, 0.15) is 125 Å². The zero-order valence-electron chi connectivity index (χ0n) is 25.7. The van der Waals surface area contributed by atoms with E-state index in [-0.39, 0.29) is 17.8 Å². The summed E-state index contributed by atoms with van der Waals surface area (Å²) in [5.74, 6) is -0.513. The average Bonchev–Trinajstić information content (AvgIpc) is 2.93. The van der Waals surface area contributed by atoms with Gasteiger partial charge in [0.25, 0.3) is 0 Å². The summed E-state index contributed by atoms with van der Waals surface area (Å²) in [5, 5.41) is 10.7. The van der Waals surface area contributed by atoms with Crippen LogP contribution >= 0.6 is 0 Å². The van der Waals surface area contributed by atoms with Crippen LogP contribution in [0, 0.1) is 5.41 Å². The second-order valence-electron chi connectivity index (χ2n) is 11.8. The van der Waals surface area contributed by atoms with Crippen LogP contribution < -0.4 is 10.8 Å². The number of hydroxylamine groups is 1. The first-order chi connectivity index (χ1) is 20.3. The van der Waals surface area contributed by atoms with E-state index in [1.165, 1.54) is 50.7 Å². The van der Waals surface area contributed by atoms with Crippen molar-refractivity contribution in [1.29, 1.82) is 5.41 Å². The molecule has 0 bridgehead atoms. The van der Waals surface area contributed by atoms with Crippen LogP contribution in [-0.2, 0) is 22.2 Å². The van der Waals surface area contributed by atoms with Crippen LogP contribution in [0.3, 0.4) is 0 Å². The summed E-state index contributed by atoms with van der Waals surface area (Å²) in [7, 11) is 0. The zero-order valence-corrected chi connectivity index (χ0v) is 25.7. The maximum Gasteiger partial charge on any atom is 0.416 e. The Labute approximate surface area is 253 Å². The van der Waals surface area contributed by atoms with Gasteiger partial charge in [0.2, 0.25) is 0 Å². The monoisotopic (exact) mass is 605 g/mol. The molecule has 0 aromatic heterocycles. The molecule has 2 rings (SSSR count). The first-order valence-corrected chi connectivity index (χ1v) is 15.1. The van der Waals surface area contributed by atoms with E-state index in [1.807, 2.05) is 0 Å². The lowest BCUT2D eigenvalue weighted by molar-refractivity contribution is -0.137. The summed E-state index contributed by atoms with van der Waals surface area (Å²) < 4.78 is 44.8. The molecule has 0 heterocycles. The Bertz CT molecular complexity index is 1140. The summed E-state index contributed by atoms with van der Waals surface area (Å²) in [5.41, 5.74) is 2.40. The van der Waals surface area contributed by atoms with Gasteiger partial charge in [0.1, 0.15) is 11.9 Å². The predicted molar refractivity (Wildman–Crippen MR) is 162 cm³/mol. The average molecular weight is 606 g/mol. The SMILES string of the molecule is CCCCCCCCCCCC(=N)NOC(=O)c1ccc(CC(OC(=O)NC(C)(C)C)c2ccc(C(F)(F)F)cc2)cc1. The number of halogens is 3. The Morgan fingerprint density at radius 2 is 1.40 bits per heavy atom. The number of amidine groups is 1. The molecule has 0 spiro atoms. The van der Waals surface area contributed by atoms with Crippen LogP contribution in [0.25, 0.3) is 0 Å². The summed E-state index contributed by atoms with van der Waals surface area (Å²) in [6.07, 6.45) is 5.21. The van der Waals surface area contributed by atoms with Gasteiger partial charge < -0.3 is 14.9 Å². The zero-order chi connectivity index (χ0) is 31.9. The van der Waals surface area contributed by atoms with E-state index in [0.717, 1.165) is 31.4 Å². The molecule has 1 unspecified atom stereocenters. The van der Waals surface area contributed by atoms with E-state index in [0.29, 0.717) is 17.5 Å². The van der Waals surface area contributed by atoms with Crippen molar-refractivity contribution < 1.29 is 32.3 Å². The van der Waals surface area contributed by atoms with Crippen molar-refractivity contribution in [2.45, 2.75) is 116 Å². The van der Waals surface area contributed by atoms with Crippen molar-refractivity contribution in [2.75, 3.05) is 0 Å².